The van der Waals surface area contributed by atoms with Gasteiger partial charge in [0.05, 0.1) is 0 Å². The first-order chi connectivity index (χ1) is 15.3. The van der Waals surface area contributed by atoms with Crippen molar-refractivity contribution in [3.63, 3.8) is 0 Å². The predicted molar refractivity (Wildman–Crippen MR) is 128 cm³/mol. The summed E-state index contributed by atoms with van der Waals surface area (Å²) in [5.41, 5.74) is 0.578. The van der Waals surface area contributed by atoms with Gasteiger partial charge in [-0.1, -0.05) is 24.3 Å². The number of hydrogen-bond donors (Lipinski definition) is 5. The Kier molecular flexibility index (Phi) is 9.41. The smallest absolute Gasteiger partial charge is 0.360 e. The number of nitrogens with one attached hydrogen (secondary N) is 3. The van der Waals surface area contributed by atoms with E-state index in [0.717, 1.165) is 18.9 Å². The van der Waals surface area contributed by atoms with Gasteiger partial charge in [0, 0.05) is 24.3 Å². The second kappa shape index (κ2) is 11.3. The van der Waals surface area contributed by atoms with Crippen LogP contribution < -0.4 is 45.5 Å². The SMILES string of the molecule is CC(=O)Nc1ccc(/C=C/c2ccc(NC(=S)NC3CC3)cc2S(=O)(=O)O)c(S(=O)(=O)O)c1.[Na+]. The summed E-state index contributed by atoms with van der Waals surface area (Å²) >= 11 is 5.17. The number of amides is 1. The summed E-state index contributed by atoms with van der Waals surface area (Å²) in [6.07, 6.45) is 4.53. The molecule has 2 aromatic carbocycles. The maximum Gasteiger partial charge on any atom is 1.00 e. The van der Waals surface area contributed by atoms with Crippen LogP contribution in [0.3, 0.4) is 0 Å². The minimum Gasteiger partial charge on any atom is -0.360 e. The molecule has 0 aromatic heterocycles. The molecule has 3 rings (SSSR count). The molecular formula is C20H21N3NaO7S3+. The zero-order valence-electron chi connectivity index (χ0n) is 18.3. The second-order valence-corrected chi connectivity index (χ2v) is 10.5. The summed E-state index contributed by atoms with van der Waals surface area (Å²) in [6, 6.07) is 8.25. The summed E-state index contributed by atoms with van der Waals surface area (Å²) in [4.78, 5) is 10.3. The number of anilines is 2. The van der Waals surface area contributed by atoms with Crippen LogP contribution in [0.15, 0.2) is 46.2 Å². The standard InChI is InChI=1S/C20H21N3O7S3.Na/c1-12(24)21-16-6-4-13(18(10-16)32(25,26)27)2-3-14-5-7-17(11-19(14)33(28,29)30)23-20(31)22-15-8-9-15;/h2-7,10-11,15H,8-9H2,1H3,(H,21,24)(H2,22,23,31)(H,25,26,27)(H,28,29,30);/q;+1/b3-2+;. The monoisotopic (exact) mass is 534 g/mol. The van der Waals surface area contributed by atoms with Crippen LogP contribution in [-0.2, 0) is 25.0 Å². The molecule has 1 fully saturated rings. The molecule has 0 bridgehead atoms. The van der Waals surface area contributed by atoms with E-state index in [0.29, 0.717) is 16.8 Å². The maximum absolute atomic E-state index is 11.9. The molecule has 1 aliphatic carbocycles. The van der Waals surface area contributed by atoms with E-state index in [2.05, 4.69) is 16.0 Å². The van der Waals surface area contributed by atoms with E-state index in [1.54, 1.807) is 6.07 Å². The average Bonchev–Trinajstić information content (AvgIpc) is 3.49. The zero-order chi connectivity index (χ0) is 24.4. The van der Waals surface area contributed by atoms with Crippen LogP contribution in [0.4, 0.5) is 11.4 Å². The van der Waals surface area contributed by atoms with E-state index in [9.17, 15) is 30.7 Å². The first kappa shape index (κ1) is 28.4. The quantitative estimate of drug-likeness (QED) is 0.139. The van der Waals surface area contributed by atoms with Crippen molar-refractivity contribution in [1.82, 2.24) is 5.32 Å². The van der Waals surface area contributed by atoms with Crippen molar-refractivity contribution in [2.75, 3.05) is 10.6 Å². The molecule has 0 aliphatic heterocycles. The minimum absolute atomic E-state index is 0. The van der Waals surface area contributed by atoms with Crippen molar-refractivity contribution in [2.24, 2.45) is 0 Å². The molecule has 1 amide bonds. The van der Waals surface area contributed by atoms with E-state index in [-0.39, 0.29) is 46.4 Å². The second-order valence-electron chi connectivity index (χ2n) is 7.34. The Morgan fingerprint density at radius 2 is 1.35 bits per heavy atom. The molecule has 2 aromatic rings. The summed E-state index contributed by atoms with van der Waals surface area (Å²) < 4.78 is 66.7. The van der Waals surface area contributed by atoms with E-state index in [1.807, 2.05) is 0 Å². The van der Waals surface area contributed by atoms with Gasteiger partial charge in [0.1, 0.15) is 9.79 Å². The molecule has 1 saturated carbocycles. The van der Waals surface area contributed by atoms with Crippen LogP contribution >= 0.6 is 12.2 Å². The Morgan fingerprint density at radius 1 is 0.912 bits per heavy atom. The molecule has 0 saturated heterocycles. The summed E-state index contributed by atoms with van der Waals surface area (Å²) in [5, 5.41) is 8.63. The van der Waals surface area contributed by atoms with Crippen LogP contribution in [0.2, 0.25) is 0 Å². The van der Waals surface area contributed by atoms with Gasteiger partial charge < -0.3 is 16.0 Å². The van der Waals surface area contributed by atoms with Crippen LogP contribution in [0, 0.1) is 0 Å². The van der Waals surface area contributed by atoms with E-state index in [1.165, 1.54) is 43.3 Å². The molecule has 0 heterocycles. The molecule has 1 aliphatic rings. The van der Waals surface area contributed by atoms with E-state index in [4.69, 9.17) is 12.2 Å². The summed E-state index contributed by atoms with van der Waals surface area (Å²) in [5.74, 6) is -0.433. The molecular weight excluding hydrogens is 513 g/mol. The number of rotatable bonds is 7. The van der Waals surface area contributed by atoms with Crippen LogP contribution in [0.1, 0.15) is 30.9 Å². The van der Waals surface area contributed by atoms with Crippen molar-refractivity contribution >= 4 is 67.0 Å². The van der Waals surface area contributed by atoms with Gasteiger partial charge in [-0.3, -0.25) is 13.9 Å². The molecule has 5 N–H and O–H groups in total. The average molecular weight is 535 g/mol. The number of carbonyl (C=O) groups excluding carboxylic acids is 1. The van der Waals surface area contributed by atoms with Crippen LogP contribution in [0.25, 0.3) is 12.2 Å². The molecule has 14 heteroatoms. The van der Waals surface area contributed by atoms with Gasteiger partial charge in [-0.15, -0.1) is 0 Å². The van der Waals surface area contributed by atoms with Gasteiger partial charge in [0.15, 0.2) is 5.11 Å². The number of thiocarbonyl (C=S) groups is 1. The van der Waals surface area contributed by atoms with Crippen molar-refractivity contribution in [3.8, 4) is 0 Å². The van der Waals surface area contributed by atoms with Gasteiger partial charge >= 0.3 is 29.6 Å². The number of benzene rings is 2. The molecule has 0 atom stereocenters. The third kappa shape index (κ3) is 8.13. The Morgan fingerprint density at radius 3 is 1.74 bits per heavy atom. The van der Waals surface area contributed by atoms with Gasteiger partial charge in [-0.2, -0.15) is 16.8 Å². The fraction of sp³-hybridized carbons (Fsp3) is 0.200. The van der Waals surface area contributed by atoms with Crippen molar-refractivity contribution in [2.45, 2.75) is 35.6 Å². The van der Waals surface area contributed by atoms with E-state index >= 15 is 0 Å². The fourth-order valence-electron chi connectivity index (χ4n) is 2.91. The largest absolute Gasteiger partial charge is 1.00 e. The normalized spacial score (nSPS) is 13.7. The van der Waals surface area contributed by atoms with Crippen molar-refractivity contribution in [3.05, 3.63) is 47.5 Å². The molecule has 176 valence electrons. The minimum atomic E-state index is -4.66. The predicted octanol–water partition coefficient (Wildman–Crippen LogP) is -0.238. The Bertz CT molecular complexity index is 1360. The maximum atomic E-state index is 11.9. The number of hydrogen-bond acceptors (Lipinski definition) is 6. The summed E-state index contributed by atoms with van der Waals surface area (Å²) in [6.45, 7) is 1.24. The van der Waals surface area contributed by atoms with Gasteiger partial charge in [0.2, 0.25) is 5.91 Å². The van der Waals surface area contributed by atoms with Crippen LogP contribution in [-0.4, -0.2) is 43.0 Å². The van der Waals surface area contributed by atoms with Crippen LogP contribution in [0.5, 0.6) is 0 Å². The first-order valence-electron chi connectivity index (χ1n) is 9.59. The van der Waals surface area contributed by atoms with Crippen molar-refractivity contribution in [1.29, 1.82) is 0 Å². The molecule has 34 heavy (non-hydrogen) atoms. The Hall–Kier alpha value is -1.84. The van der Waals surface area contributed by atoms with Gasteiger partial charge in [0.25, 0.3) is 20.2 Å². The summed E-state index contributed by atoms with van der Waals surface area (Å²) in [7, 11) is -9.30. The topological polar surface area (TPSA) is 162 Å². The molecule has 0 unspecified atom stereocenters. The fourth-order valence-corrected chi connectivity index (χ4v) is 4.61. The van der Waals surface area contributed by atoms with Gasteiger partial charge in [-0.25, -0.2) is 0 Å². The molecule has 0 spiro atoms. The first-order valence-corrected chi connectivity index (χ1v) is 12.9. The van der Waals surface area contributed by atoms with Crippen molar-refractivity contribution < 1.29 is 60.3 Å². The van der Waals surface area contributed by atoms with Gasteiger partial charge in [-0.05, 0) is 60.5 Å². The third-order valence-electron chi connectivity index (χ3n) is 4.52. The Balaban J connectivity index is 0.00000408. The van der Waals surface area contributed by atoms with E-state index < -0.39 is 35.9 Å². The zero-order valence-corrected chi connectivity index (χ0v) is 22.7. The Labute approximate surface area is 225 Å². The third-order valence-corrected chi connectivity index (χ3v) is 6.55. The molecule has 10 nitrogen and oxygen atoms in total. The number of carbonyl (C=O) groups is 1. The molecule has 0 radical (unpaired) electrons.